The van der Waals surface area contributed by atoms with Crippen molar-refractivity contribution in [2.75, 3.05) is 19.8 Å². The summed E-state index contributed by atoms with van der Waals surface area (Å²) in [5.74, 6) is 0. The highest BCUT2D eigenvalue weighted by molar-refractivity contribution is 4.88. The normalized spacial score (nSPS) is 23.2. The summed E-state index contributed by atoms with van der Waals surface area (Å²) in [5, 5.41) is 28.6. The fourth-order valence-electron chi connectivity index (χ4n) is 3.79. The number of hydrogen-bond donors (Lipinski definition) is 3. The van der Waals surface area contributed by atoms with Crippen LogP contribution in [0.5, 0.6) is 0 Å². The molecule has 0 aliphatic carbocycles. The van der Waals surface area contributed by atoms with E-state index in [0.717, 1.165) is 12.8 Å². The number of hydrogen-bond acceptors (Lipinski definition) is 5. The van der Waals surface area contributed by atoms with Crippen LogP contribution >= 0.6 is 0 Å². The van der Waals surface area contributed by atoms with Crippen LogP contribution in [-0.4, -0.2) is 59.6 Å². The monoisotopic (exact) mass is 414 g/mol. The molecule has 0 aromatic carbocycles. The van der Waals surface area contributed by atoms with E-state index >= 15 is 0 Å². The highest BCUT2D eigenvalue weighted by atomic mass is 16.6. The zero-order valence-corrected chi connectivity index (χ0v) is 18.6. The van der Waals surface area contributed by atoms with Crippen molar-refractivity contribution in [2.24, 2.45) is 0 Å². The van der Waals surface area contributed by atoms with Crippen molar-refractivity contribution in [1.82, 2.24) is 0 Å². The van der Waals surface area contributed by atoms with Crippen LogP contribution in [0.4, 0.5) is 0 Å². The van der Waals surface area contributed by atoms with Crippen molar-refractivity contribution in [3.63, 3.8) is 0 Å². The molecule has 1 rings (SSSR count). The molecule has 5 nitrogen and oxygen atoms in total. The van der Waals surface area contributed by atoms with Gasteiger partial charge in [-0.25, -0.2) is 0 Å². The van der Waals surface area contributed by atoms with E-state index in [1.807, 2.05) is 0 Å². The summed E-state index contributed by atoms with van der Waals surface area (Å²) in [4.78, 5) is 0. The van der Waals surface area contributed by atoms with Crippen molar-refractivity contribution in [3.05, 3.63) is 12.2 Å². The van der Waals surface area contributed by atoms with Gasteiger partial charge in [0.15, 0.2) is 0 Å². The first-order valence-corrected chi connectivity index (χ1v) is 12.1. The molecule has 172 valence electrons. The predicted octanol–water partition coefficient (Wildman–Crippen LogP) is 4.52. The van der Waals surface area contributed by atoms with Crippen LogP contribution in [0.3, 0.4) is 0 Å². The topological polar surface area (TPSA) is 79.2 Å². The van der Waals surface area contributed by atoms with Crippen LogP contribution in [0.15, 0.2) is 12.2 Å². The highest BCUT2D eigenvalue weighted by Crippen LogP contribution is 2.20. The molecule has 0 aromatic rings. The third-order valence-electron chi connectivity index (χ3n) is 5.72. The van der Waals surface area contributed by atoms with E-state index in [1.165, 1.54) is 77.0 Å². The minimum Gasteiger partial charge on any atom is -0.394 e. The van der Waals surface area contributed by atoms with Gasteiger partial charge in [0, 0.05) is 6.61 Å². The number of allylic oxidation sites excluding steroid dienone is 2. The van der Waals surface area contributed by atoms with Crippen LogP contribution in [-0.2, 0) is 9.47 Å². The maximum Gasteiger partial charge on any atom is 0.114 e. The second-order valence-electron chi connectivity index (χ2n) is 8.39. The Morgan fingerprint density at radius 1 is 0.897 bits per heavy atom. The van der Waals surface area contributed by atoms with Crippen LogP contribution < -0.4 is 0 Å². The molecule has 1 heterocycles. The van der Waals surface area contributed by atoms with Crippen LogP contribution in [0.2, 0.25) is 0 Å². The summed E-state index contributed by atoms with van der Waals surface area (Å²) < 4.78 is 11.0. The predicted molar refractivity (Wildman–Crippen MR) is 118 cm³/mol. The second kappa shape index (κ2) is 18.3. The van der Waals surface area contributed by atoms with E-state index in [2.05, 4.69) is 19.1 Å². The van der Waals surface area contributed by atoms with Gasteiger partial charge in [-0.2, -0.15) is 0 Å². The zero-order valence-electron chi connectivity index (χ0n) is 18.6. The fraction of sp³-hybridized carbons (Fsp3) is 0.917. The summed E-state index contributed by atoms with van der Waals surface area (Å²) in [6, 6.07) is 0. The largest absolute Gasteiger partial charge is 0.394 e. The van der Waals surface area contributed by atoms with Crippen LogP contribution in [0.1, 0.15) is 96.8 Å². The van der Waals surface area contributed by atoms with Crippen molar-refractivity contribution < 1.29 is 24.8 Å². The molecule has 1 aliphatic rings. The van der Waals surface area contributed by atoms with E-state index in [9.17, 15) is 10.2 Å². The van der Waals surface area contributed by atoms with Crippen molar-refractivity contribution >= 4 is 0 Å². The average molecular weight is 415 g/mol. The zero-order chi connectivity index (χ0) is 21.2. The summed E-state index contributed by atoms with van der Waals surface area (Å²) in [5.41, 5.74) is 0. The Bertz CT molecular complexity index is 387. The third kappa shape index (κ3) is 12.7. The molecule has 29 heavy (non-hydrogen) atoms. The van der Waals surface area contributed by atoms with Gasteiger partial charge in [-0.05, 0) is 32.1 Å². The average Bonchev–Trinajstić information content (AvgIpc) is 3.10. The van der Waals surface area contributed by atoms with Gasteiger partial charge < -0.3 is 24.8 Å². The Kier molecular flexibility index (Phi) is 16.8. The summed E-state index contributed by atoms with van der Waals surface area (Å²) in [6.07, 6.45) is 19.5. The van der Waals surface area contributed by atoms with Crippen LogP contribution in [0.25, 0.3) is 0 Å². The molecule has 4 atom stereocenters. The minimum atomic E-state index is -1.05. The molecule has 1 fully saturated rings. The molecule has 0 aromatic heterocycles. The standard InChI is InChI=1S/C24H46O5/c1-2-3-4-5-6-7-8-9-10-11-12-13-14-15-16-17-18-28-22-20-29-24(23(22)27)21(26)19-25/h7-8,21-27H,2-6,9-20H2,1H3/b8-7+/t21-,22+,23+,24+/m1/s1. The number of rotatable bonds is 19. The molecular formula is C24H46O5. The lowest BCUT2D eigenvalue weighted by Crippen LogP contribution is -2.41. The Morgan fingerprint density at radius 3 is 2.03 bits per heavy atom. The Morgan fingerprint density at radius 2 is 1.45 bits per heavy atom. The van der Waals surface area contributed by atoms with Gasteiger partial charge in [0.05, 0.1) is 13.2 Å². The summed E-state index contributed by atoms with van der Waals surface area (Å²) >= 11 is 0. The summed E-state index contributed by atoms with van der Waals surface area (Å²) in [6.45, 7) is 2.73. The molecular weight excluding hydrogens is 368 g/mol. The lowest BCUT2D eigenvalue weighted by atomic mass is 10.1. The van der Waals surface area contributed by atoms with Crippen molar-refractivity contribution in [3.8, 4) is 0 Å². The first kappa shape index (κ1) is 26.6. The van der Waals surface area contributed by atoms with Gasteiger partial charge in [-0.15, -0.1) is 0 Å². The molecule has 1 aliphatic heterocycles. The summed E-state index contributed by atoms with van der Waals surface area (Å²) in [7, 11) is 0. The first-order chi connectivity index (χ1) is 14.2. The lowest BCUT2D eigenvalue weighted by molar-refractivity contribution is -0.0730. The first-order valence-electron chi connectivity index (χ1n) is 12.1. The molecule has 0 spiro atoms. The lowest BCUT2D eigenvalue weighted by Gasteiger charge is -2.20. The van der Waals surface area contributed by atoms with Crippen molar-refractivity contribution in [1.29, 1.82) is 0 Å². The van der Waals surface area contributed by atoms with Crippen molar-refractivity contribution in [2.45, 2.75) is 121 Å². The smallest absolute Gasteiger partial charge is 0.114 e. The number of aliphatic hydroxyl groups excluding tert-OH is 3. The quantitative estimate of drug-likeness (QED) is 0.214. The van der Waals surface area contributed by atoms with E-state index in [4.69, 9.17) is 14.6 Å². The molecule has 3 N–H and O–H groups in total. The fourth-order valence-corrected chi connectivity index (χ4v) is 3.79. The molecule has 0 unspecified atom stereocenters. The van der Waals surface area contributed by atoms with Gasteiger partial charge in [-0.1, -0.05) is 76.9 Å². The number of ether oxygens (including phenoxy) is 2. The number of aliphatic hydroxyl groups is 3. The van der Waals surface area contributed by atoms with Gasteiger partial charge in [-0.3, -0.25) is 0 Å². The minimum absolute atomic E-state index is 0.275. The van der Waals surface area contributed by atoms with E-state index in [1.54, 1.807) is 0 Å². The maximum atomic E-state index is 10.1. The molecule has 0 saturated carbocycles. The molecule has 1 saturated heterocycles. The number of unbranched alkanes of at least 4 members (excludes halogenated alkanes) is 12. The Balaban J connectivity index is 1.82. The van der Waals surface area contributed by atoms with Crippen LogP contribution in [0, 0.1) is 0 Å². The van der Waals surface area contributed by atoms with E-state index in [0.29, 0.717) is 6.61 Å². The van der Waals surface area contributed by atoms with Gasteiger partial charge in [0.2, 0.25) is 0 Å². The van der Waals surface area contributed by atoms with Gasteiger partial charge in [0.1, 0.15) is 24.4 Å². The Hall–Kier alpha value is -0.460. The third-order valence-corrected chi connectivity index (χ3v) is 5.72. The maximum absolute atomic E-state index is 10.1. The Labute approximate surface area is 178 Å². The molecule has 0 amide bonds. The van der Waals surface area contributed by atoms with Gasteiger partial charge in [0.25, 0.3) is 0 Å². The van der Waals surface area contributed by atoms with E-state index < -0.39 is 31.0 Å². The molecule has 0 radical (unpaired) electrons. The van der Waals surface area contributed by atoms with E-state index in [-0.39, 0.29) is 6.61 Å². The SMILES string of the molecule is CCCCCC/C=C/CCCCCCCCCCO[C@H]1CO[C@@H]([C@H](O)CO)[C@H]1O. The van der Waals surface area contributed by atoms with Gasteiger partial charge >= 0.3 is 0 Å². The molecule has 0 bridgehead atoms. The molecule has 5 heteroatoms. The highest BCUT2D eigenvalue weighted by Gasteiger charge is 2.40. The second-order valence-corrected chi connectivity index (χ2v) is 8.39.